The van der Waals surface area contributed by atoms with Crippen LogP contribution >= 0.6 is 0 Å². The van der Waals surface area contributed by atoms with Crippen molar-refractivity contribution in [3.8, 4) is 5.75 Å². The molecule has 8 nitrogen and oxygen atoms in total. The quantitative estimate of drug-likeness (QED) is 0.275. The first-order chi connectivity index (χ1) is 19.4. The molecule has 41 heavy (non-hydrogen) atoms. The Morgan fingerprint density at radius 1 is 0.902 bits per heavy atom. The summed E-state index contributed by atoms with van der Waals surface area (Å²) in [6, 6.07) is 20.1. The minimum absolute atomic E-state index is 0.0265. The van der Waals surface area contributed by atoms with E-state index in [1.165, 1.54) is 35.5 Å². The molecule has 3 aromatic rings. The Hall–Kier alpha value is -3.53. The summed E-state index contributed by atoms with van der Waals surface area (Å²) in [6.45, 7) is 8.68. The lowest BCUT2D eigenvalue weighted by molar-refractivity contribution is -0.124. The highest BCUT2D eigenvalue weighted by atomic mass is 32.2. The lowest BCUT2D eigenvalue weighted by Crippen LogP contribution is -2.52. The molecule has 0 spiro atoms. The molecule has 9 heteroatoms. The highest BCUT2D eigenvalue weighted by Gasteiger charge is 2.31. The van der Waals surface area contributed by atoms with Crippen LogP contribution < -0.4 is 10.1 Å². The van der Waals surface area contributed by atoms with Crippen LogP contribution in [0.15, 0.2) is 77.7 Å². The number of amides is 1. The van der Waals surface area contributed by atoms with Gasteiger partial charge >= 0.3 is 0 Å². The van der Waals surface area contributed by atoms with Crippen LogP contribution in [0, 0.1) is 19.8 Å². The van der Waals surface area contributed by atoms with Crippen molar-refractivity contribution in [3.05, 3.63) is 95.1 Å². The number of benzene rings is 3. The summed E-state index contributed by atoms with van der Waals surface area (Å²) >= 11 is 0. The van der Waals surface area contributed by atoms with Crippen molar-refractivity contribution in [1.29, 1.82) is 0 Å². The van der Waals surface area contributed by atoms with Crippen molar-refractivity contribution < 1.29 is 27.9 Å². The number of ketones is 1. The van der Waals surface area contributed by atoms with E-state index in [2.05, 4.69) is 5.32 Å². The second kappa shape index (κ2) is 14.4. The lowest BCUT2D eigenvalue weighted by atomic mass is 10.0. The van der Waals surface area contributed by atoms with Crippen LogP contribution in [0.1, 0.15) is 47.8 Å². The highest BCUT2D eigenvalue weighted by molar-refractivity contribution is 7.89. The van der Waals surface area contributed by atoms with Crippen LogP contribution in [0.25, 0.3) is 0 Å². The third-order valence-corrected chi connectivity index (χ3v) is 8.57. The zero-order valence-corrected chi connectivity index (χ0v) is 25.1. The van der Waals surface area contributed by atoms with Crippen LogP contribution in [0.5, 0.6) is 5.75 Å². The molecule has 0 aliphatic rings. The topological polar surface area (TPSA) is 113 Å². The maximum absolute atomic E-state index is 13.6. The standard InChI is InChI=1S/C32H40N2O6S/c1-22(2)19-34(41(38,39)28-16-14-27(15-17-28)25(5)35)20-30(36)29(18-26-12-7-6-8-13-26)33-31(37)21-40-32-23(3)10-9-11-24(32)4/h6-17,22,29-30,36H,18-21H2,1-5H3,(H,33,37)/t29-,30+/m0/s1. The largest absolute Gasteiger partial charge is 0.483 e. The fourth-order valence-electron chi connectivity index (χ4n) is 4.59. The van der Waals surface area contributed by atoms with Crippen LogP contribution in [0.4, 0.5) is 0 Å². The van der Waals surface area contributed by atoms with E-state index < -0.39 is 28.1 Å². The normalized spacial score (nSPS) is 13.2. The Kier molecular flexibility index (Phi) is 11.2. The van der Waals surface area contributed by atoms with Crippen molar-refractivity contribution in [3.63, 3.8) is 0 Å². The van der Waals surface area contributed by atoms with Gasteiger partial charge in [0.25, 0.3) is 5.91 Å². The summed E-state index contributed by atoms with van der Waals surface area (Å²) in [5, 5.41) is 14.3. The zero-order chi connectivity index (χ0) is 30.2. The summed E-state index contributed by atoms with van der Waals surface area (Å²) in [7, 11) is -4.00. The number of aliphatic hydroxyl groups is 1. The molecule has 0 aliphatic carbocycles. The average molecular weight is 581 g/mol. The number of para-hydroxylation sites is 1. The number of aryl methyl sites for hydroxylation is 2. The Morgan fingerprint density at radius 3 is 2.07 bits per heavy atom. The molecule has 0 saturated carbocycles. The summed E-state index contributed by atoms with van der Waals surface area (Å²) in [4.78, 5) is 24.7. The van der Waals surface area contributed by atoms with E-state index in [1.54, 1.807) is 0 Å². The van der Waals surface area contributed by atoms with Gasteiger partial charge in [-0.2, -0.15) is 4.31 Å². The second-order valence-corrected chi connectivity index (χ2v) is 12.7. The first-order valence-electron chi connectivity index (χ1n) is 13.7. The van der Waals surface area contributed by atoms with Crippen LogP contribution in [-0.2, 0) is 21.2 Å². The minimum atomic E-state index is -4.00. The number of carbonyl (C=O) groups excluding carboxylic acids is 2. The number of hydrogen-bond acceptors (Lipinski definition) is 6. The highest BCUT2D eigenvalue weighted by Crippen LogP contribution is 2.23. The molecule has 0 fully saturated rings. The predicted octanol–water partition coefficient (Wildman–Crippen LogP) is 4.32. The summed E-state index contributed by atoms with van der Waals surface area (Å²) in [5.41, 5.74) is 3.10. The third kappa shape index (κ3) is 8.98. The Balaban J connectivity index is 1.82. The number of hydrogen-bond donors (Lipinski definition) is 2. The van der Waals surface area contributed by atoms with Gasteiger partial charge in [0.05, 0.1) is 17.0 Å². The molecule has 3 aromatic carbocycles. The van der Waals surface area contributed by atoms with Crippen LogP contribution in [0.2, 0.25) is 0 Å². The van der Waals surface area contributed by atoms with E-state index in [0.29, 0.717) is 17.7 Å². The Labute approximate surface area is 243 Å². The van der Waals surface area contributed by atoms with E-state index >= 15 is 0 Å². The number of nitrogens with one attached hydrogen (secondary N) is 1. The summed E-state index contributed by atoms with van der Waals surface area (Å²) < 4.78 is 34.3. The first kappa shape index (κ1) is 32.0. The fourth-order valence-corrected chi connectivity index (χ4v) is 6.21. The van der Waals surface area contributed by atoms with Crippen molar-refractivity contribution in [2.45, 2.75) is 58.1 Å². The van der Waals surface area contributed by atoms with E-state index in [4.69, 9.17) is 4.74 Å². The maximum atomic E-state index is 13.6. The minimum Gasteiger partial charge on any atom is -0.483 e. The molecule has 2 atom stereocenters. The third-order valence-electron chi connectivity index (χ3n) is 6.72. The van der Waals surface area contributed by atoms with Crippen LogP contribution in [-0.4, -0.2) is 61.4 Å². The summed E-state index contributed by atoms with van der Waals surface area (Å²) in [5.74, 6) is 0.0179. The van der Waals surface area contributed by atoms with E-state index in [0.717, 1.165) is 16.7 Å². The molecule has 0 aliphatic heterocycles. The average Bonchev–Trinajstić information content (AvgIpc) is 2.92. The smallest absolute Gasteiger partial charge is 0.258 e. The van der Waals surface area contributed by atoms with Gasteiger partial charge in [-0.1, -0.05) is 74.5 Å². The van der Waals surface area contributed by atoms with Crippen LogP contribution in [0.3, 0.4) is 0 Å². The molecular weight excluding hydrogens is 540 g/mol. The number of aliphatic hydroxyl groups excluding tert-OH is 1. The number of Topliss-reactive ketones (excluding diaryl/α,β-unsaturated/α-hetero) is 1. The molecule has 2 N–H and O–H groups in total. The molecule has 0 unspecified atom stereocenters. The van der Waals surface area contributed by atoms with Crippen molar-refractivity contribution in [1.82, 2.24) is 9.62 Å². The molecule has 220 valence electrons. The van der Waals surface area contributed by atoms with Gasteiger partial charge in [-0.3, -0.25) is 9.59 Å². The van der Waals surface area contributed by atoms with Crippen molar-refractivity contribution in [2.75, 3.05) is 19.7 Å². The van der Waals surface area contributed by atoms with Gasteiger partial charge in [0.1, 0.15) is 5.75 Å². The van der Waals surface area contributed by atoms with Crippen molar-refractivity contribution >= 4 is 21.7 Å². The van der Waals surface area contributed by atoms with Gasteiger partial charge in [-0.25, -0.2) is 8.42 Å². The SMILES string of the molecule is CC(=O)c1ccc(S(=O)(=O)N(CC(C)C)C[C@@H](O)[C@H](Cc2ccccc2)NC(=O)COc2c(C)cccc2C)cc1. The first-order valence-corrected chi connectivity index (χ1v) is 15.1. The van der Waals surface area contributed by atoms with Gasteiger partial charge in [0, 0.05) is 18.7 Å². The monoisotopic (exact) mass is 580 g/mol. The molecule has 3 rings (SSSR count). The molecule has 0 heterocycles. The number of nitrogens with zero attached hydrogens (tertiary/aromatic N) is 1. The number of carbonyl (C=O) groups is 2. The van der Waals surface area contributed by atoms with E-state index in [-0.39, 0.29) is 36.3 Å². The Bertz CT molecular complexity index is 1400. The predicted molar refractivity (Wildman–Crippen MR) is 160 cm³/mol. The van der Waals surface area contributed by atoms with Gasteiger partial charge in [-0.05, 0) is 61.9 Å². The van der Waals surface area contributed by atoms with Gasteiger partial charge in [0.15, 0.2) is 12.4 Å². The number of sulfonamides is 1. The zero-order valence-electron chi connectivity index (χ0n) is 24.3. The molecule has 1 amide bonds. The van der Waals surface area contributed by atoms with Gasteiger partial charge < -0.3 is 15.2 Å². The molecule has 0 aromatic heterocycles. The van der Waals surface area contributed by atoms with Gasteiger partial charge in [0.2, 0.25) is 10.0 Å². The number of rotatable bonds is 14. The lowest BCUT2D eigenvalue weighted by Gasteiger charge is -2.31. The van der Waals surface area contributed by atoms with Crippen molar-refractivity contribution in [2.24, 2.45) is 5.92 Å². The Morgan fingerprint density at radius 2 is 1.51 bits per heavy atom. The molecule has 0 radical (unpaired) electrons. The van der Waals surface area contributed by atoms with E-state index in [1.807, 2.05) is 76.2 Å². The van der Waals surface area contributed by atoms with E-state index in [9.17, 15) is 23.1 Å². The van der Waals surface area contributed by atoms with Gasteiger partial charge in [-0.15, -0.1) is 0 Å². The maximum Gasteiger partial charge on any atom is 0.258 e. The molecule has 0 bridgehead atoms. The molecular formula is C32H40N2O6S. The fraction of sp³-hybridized carbons (Fsp3) is 0.375. The summed E-state index contributed by atoms with van der Waals surface area (Å²) in [6.07, 6.45) is -0.926. The second-order valence-electron chi connectivity index (χ2n) is 10.7. The number of ether oxygens (including phenoxy) is 1. The molecule has 0 saturated heterocycles.